The monoisotopic (exact) mass is 383 g/mol. The molecular weight excluding hydrogens is 354 g/mol. The molecule has 1 aliphatic heterocycles. The highest BCUT2D eigenvalue weighted by molar-refractivity contribution is 5.76. The summed E-state index contributed by atoms with van der Waals surface area (Å²) in [4.78, 5) is 14.7. The summed E-state index contributed by atoms with van der Waals surface area (Å²) in [5.41, 5.74) is 0.909. The van der Waals surface area contributed by atoms with E-state index >= 15 is 0 Å². The fourth-order valence-electron chi connectivity index (χ4n) is 4.60. The number of carbonyl (C=O) groups excluding carboxylic acids is 1. The Labute approximate surface area is 166 Å². The van der Waals surface area contributed by atoms with Gasteiger partial charge in [-0.3, -0.25) is 4.79 Å². The highest BCUT2D eigenvalue weighted by Gasteiger charge is 2.39. The van der Waals surface area contributed by atoms with E-state index in [2.05, 4.69) is 10.2 Å². The van der Waals surface area contributed by atoms with Crippen LogP contribution in [-0.2, 0) is 9.53 Å². The number of rotatable bonds is 7. The van der Waals surface area contributed by atoms with Gasteiger partial charge in [-0.15, -0.1) is 10.2 Å². The lowest BCUT2D eigenvalue weighted by atomic mass is 9.97. The molecule has 0 bridgehead atoms. The Hall–Kier alpha value is -2.21. The second-order valence-corrected chi connectivity index (χ2v) is 8.12. The minimum atomic E-state index is 0.0281. The van der Waals surface area contributed by atoms with Crippen molar-refractivity contribution >= 4 is 5.91 Å². The van der Waals surface area contributed by atoms with Gasteiger partial charge in [0.25, 0.3) is 0 Å². The molecule has 1 saturated heterocycles. The number of benzene rings is 1. The molecule has 2 fully saturated rings. The van der Waals surface area contributed by atoms with Crippen LogP contribution in [0.4, 0.5) is 0 Å². The molecule has 0 N–H and O–H groups in total. The normalized spacial score (nSPS) is 22.8. The summed E-state index contributed by atoms with van der Waals surface area (Å²) in [7, 11) is 1.70. The van der Waals surface area contributed by atoms with Gasteiger partial charge in [0.15, 0.2) is 0 Å². The lowest BCUT2D eigenvalue weighted by Gasteiger charge is -2.17. The van der Waals surface area contributed by atoms with Crippen molar-refractivity contribution in [2.75, 3.05) is 26.8 Å². The minimum absolute atomic E-state index is 0.0281. The Kier molecular flexibility index (Phi) is 6.05. The van der Waals surface area contributed by atoms with E-state index in [4.69, 9.17) is 9.15 Å². The SMILES string of the molecule is COC[C@@H]1CN(C(=O)CCC2CCCC2)C[C@H]1c1nnc(-c2ccccc2)o1. The number of aromatic nitrogens is 2. The van der Waals surface area contributed by atoms with E-state index in [-0.39, 0.29) is 17.7 Å². The van der Waals surface area contributed by atoms with Crippen molar-refractivity contribution in [2.24, 2.45) is 11.8 Å². The summed E-state index contributed by atoms with van der Waals surface area (Å²) >= 11 is 0. The second-order valence-electron chi connectivity index (χ2n) is 8.12. The number of nitrogens with zero attached hydrogens (tertiary/aromatic N) is 3. The maximum absolute atomic E-state index is 12.8. The maximum atomic E-state index is 12.8. The molecule has 150 valence electrons. The van der Waals surface area contributed by atoms with Crippen LogP contribution < -0.4 is 0 Å². The van der Waals surface area contributed by atoms with Crippen molar-refractivity contribution in [3.8, 4) is 11.5 Å². The number of hydrogen-bond donors (Lipinski definition) is 0. The standard InChI is InChI=1S/C22H29N3O3/c1-27-15-18-13-25(20(26)12-11-16-7-5-6-8-16)14-19(18)22-24-23-21(28-22)17-9-3-2-4-10-17/h2-4,9-10,16,18-19H,5-8,11-15H2,1H3/t18-,19+/m0/s1. The van der Waals surface area contributed by atoms with Gasteiger partial charge >= 0.3 is 0 Å². The fourth-order valence-corrected chi connectivity index (χ4v) is 4.60. The number of amides is 1. The Morgan fingerprint density at radius 1 is 1.18 bits per heavy atom. The number of carbonyl (C=O) groups is 1. The van der Waals surface area contributed by atoms with Gasteiger partial charge in [0.05, 0.1) is 12.5 Å². The third-order valence-electron chi connectivity index (χ3n) is 6.19. The molecule has 6 heteroatoms. The average molecular weight is 383 g/mol. The van der Waals surface area contributed by atoms with E-state index in [9.17, 15) is 4.79 Å². The number of hydrogen-bond acceptors (Lipinski definition) is 5. The molecule has 1 aromatic heterocycles. The molecule has 0 spiro atoms. The lowest BCUT2D eigenvalue weighted by Crippen LogP contribution is -2.29. The molecular formula is C22H29N3O3. The Morgan fingerprint density at radius 2 is 1.96 bits per heavy atom. The van der Waals surface area contributed by atoms with Gasteiger partial charge in [-0.05, 0) is 24.5 Å². The molecule has 28 heavy (non-hydrogen) atoms. The molecule has 2 aromatic rings. The zero-order chi connectivity index (χ0) is 19.3. The van der Waals surface area contributed by atoms with E-state index in [1.54, 1.807) is 7.11 Å². The van der Waals surface area contributed by atoms with E-state index < -0.39 is 0 Å². The molecule has 6 nitrogen and oxygen atoms in total. The van der Waals surface area contributed by atoms with Crippen LogP contribution in [0.1, 0.15) is 50.3 Å². The van der Waals surface area contributed by atoms with E-state index in [1.165, 1.54) is 25.7 Å². The van der Waals surface area contributed by atoms with Crippen molar-refractivity contribution in [1.82, 2.24) is 15.1 Å². The van der Waals surface area contributed by atoms with Crippen molar-refractivity contribution in [1.29, 1.82) is 0 Å². The summed E-state index contributed by atoms with van der Waals surface area (Å²) in [5, 5.41) is 8.52. The first-order valence-electron chi connectivity index (χ1n) is 10.4. The van der Waals surface area contributed by atoms with E-state index in [0.29, 0.717) is 37.9 Å². The molecule has 2 atom stereocenters. The highest BCUT2D eigenvalue weighted by Crippen LogP contribution is 2.35. The fraction of sp³-hybridized carbons (Fsp3) is 0.591. The van der Waals surface area contributed by atoms with Gasteiger partial charge in [0, 0.05) is 38.1 Å². The van der Waals surface area contributed by atoms with Crippen LogP contribution in [0, 0.1) is 11.8 Å². The zero-order valence-electron chi connectivity index (χ0n) is 16.5. The molecule has 1 aromatic carbocycles. The first kappa shape index (κ1) is 19.1. The highest BCUT2D eigenvalue weighted by atomic mass is 16.5. The van der Waals surface area contributed by atoms with E-state index in [1.807, 2.05) is 35.2 Å². The van der Waals surface area contributed by atoms with Crippen LogP contribution in [0.3, 0.4) is 0 Å². The predicted molar refractivity (Wildman–Crippen MR) is 106 cm³/mol. The molecule has 1 aliphatic carbocycles. The average Bonchev–Trinajstić information content (AvgIpc) is 3.47. The third-order valence-corrected chi connectivity index (χ3v) is 6.19. The minimum Gasteiger partial charge on any atom is -0.420 e. The quantitative estimate of drug-likeness (QED) is 0.725. The van der Waals surface area contributed by atoms with Crippen LogP contribution >= 0.6 is 0 Å². The van der Waals surface area contributed by atoms with Crippen molar-refractivity contribution in [3.63, 3.8) is 0 Å². The van der Waals surface area contributed by atoms with Crippen molar-refractivity contribution in [2.45, 2.75) is 44.4 Å². The van der Waals surface area contributed by atoms with Gasteiger partial charge in [0.1, 0.15) is 0 Å². The summed E-state index contributed by atoms with van der Waals surface area (Å²) in [6.07, 6.45) is 6.88. The number of likely N-dealkylation sites (tertiary alicyclic amines) is 1. The van der Waals surface area contributed by atoms with Crippen LogP contribution in [0.2, 0.25) is 0 Å². The molecule has 2 heterocycles. The predicted octanol–water partition coefficient (Wildman–Crippen LogP) is 3.90. The number of methoxy groups -OCH3 is 1. The Morgan fingerprint density at radius 3 is 2.71 bits per heavy atom. The topological polar surface area (TPSA) is 68.5 Å². The second kappa shape index (κ2) is 8.86. The summed E-state index contributed by atoms with van der Waals surface area (Å²) in [5.74, 6) is 2.33. The molecule has 1 saturated carbocycles. The summed E-state index contributed by atoms with van der Waals surface area (Å²) in [6.45, 7) is 1.92. The van der Waals surface area contributed by atoms with Crippen LogP contribution in [0.15, 0.2) is 34.7 Å². The third kappa shape index (κ3) is 4.27. The molecule has 0 radical (unpaired) electrons. The van der Waals surface area contributed by atoms with Crippen molar-refractivity contribution < 1.29 is 13.9 Å². The van der Waals surface area contributed by atoms with Gasteiger partial charge in [-0.2, -0.15) is 0 Å². The molecule has 0 unspecified atom stereocenters. The largest absolute Gasteiger partial charge is 0.420 e. The van der Waals surface area contributed by atoms with Crippen LogP contribution in [0.25, 0.3) is 11.5 Å². The zero-order valence-corrected chi connectivity index (χ0v) is 16.5. The van der Waals surface area contributed by atoms with Crippen LogP contribution in [-0.4, -0.2) is 47.8 Å². The first-order valence-corrected chi connectivity index (χ1v) is 10.4. The van der Waals surface area contributed by atoms with Gasteiger partial charge in [0.2, 0.25) is 17.7 Å². The molecule has 1 amide bonds. The van der Waals surface area contributed by atoms with Gasteiger partial charge in [-0.1, -0.05) is 43.9 Å². The summed E-state index contributed by atoms with van der Waals surface area (Å²) < 4.78 is 11.4. The maximum Gasteiger partial charge on any atom is 0.247 e. The first-order chi connectivity index (χ1) is 13.7. The Balaban J connectivity index is 1.42. The molecule has 4 rings (SSSR count). The van der Waals surface area contributed by atoms with E-state index in [0.717, 1.165) is 17.9 Å². The van der Waals surface area contributed by atoms with Gasteiger partial charge in [-0.25, -0.2) is 0 Å². The lowest BCUT2D eigenvalue weighted by molar-refractivity contribution is -0.130. The molecule has 2 aliphatic rings. The van der Waals surface area contributed by atoms with Gasteiger partial charge < -0.3 is 14.1 Å². The van der Waals surface area contributed by atoms with Crippen LogP contribution in [0.5, 0.6) is 0 Å². The Bertz CT molecular complexity index is 770. The smallest absolute Gasteiger partial charge is 0.247 e. The van der Waals surface area contributed by atoms with Crippen molar-refractivity contribution in [3.05, 3.63) is 36.2 Å². The summed E-state index contributed by atoms with van der Waals surface area (Å²) in [6, 6.07) is 9.77. The number of ether oxygens (including phenoxy) is 1.